The Labute approximate surface area is 74.1 Å². The Kier molecular flexibility index (Phi) is 2.95. The van der Waals surface area contributed by atoms with Gasteiger partial charge in [-0.1, -0.05) is 0 Å². The molecule has 1 aromatic carbocycles. The second-order valence-corrected chi connectivity index (χ2v) is 2.45. The number of halogens is 2. The van der Waals surface area contributed by atoms with Gasteiger partial charge in [-0.2, -0.15) is 0 Å². The minimum Gasteiger partial charge on any atom is -0.479 e. The van der Waals surface area contributed by atoms with Crippen molar-refractivity contribution in [3.8, 4) is 5.75 Å². The molecule has 0 N–H and O–H groups in total. The Hall–Kier alpha value is -1.45. The summed E-state index contributed by atoms with van der Waals surface area (Å²) in [7, 11) is 0. The van der Waals surface area contributed by atoms with Crippen LogP contribution in [0.3, 0.4) is 0 Å². The number of rotatable bonds is 3. The normalized spacial score (nSPS) is 12.2. The van der Waals surface area contributed by atoms with Crippen molar-refractivity contribution in [2.75, 3.05) is 0 Å². The van der Waals surface area contributed by atoms with Crippen LogP contribution < -0.4 is 4.74 Å². The molecule has 1 aromatic rings. The summed E-state index contributed by atoms with van der Waals surface area (Å²) >= 11 is 0. The largest absolute Gasteiger partial charge is 0.479 e. The standard InChI is InChI=1S/C9H7F2O2/c1-6(5-12)13-9-3-2-7(10)4-8(9)11/h2-4,6H,1H3. The Morgan fingerprint density at radius 3 is 2.69 bits per heavy atom. The molecule has 4 heteroatoms. The Bertz CT molecular complexity index is 312. The molecule has 0 bridgehead atoms. The van der Waals surface area contributed by atoms with Crippen molar-refractivity contribution < 1.29 is 18.3 Å². The summed E-state index contributed by atoms with van der Waals surface area (Å²) in [5.41, 5.74) is 0. The third-order valence-electron chi connectivity index (χ3n) is 1.36. The predicted molar refractivity (Wildman–Crippen MR) is 42.1 cm³/mol. The van der Waals surface area contributed by atoms with E-state index in [1.165, 1.54) is 13.2 Å². The Morgan fingerprint density at radius 2 is 2.15 bits per heavy atom. The fraction of sp³-hybridized carbons (Fsp3) is 0.222. The number of hydrogen-bond acceptors (Lipinski definition) is 2. The van der Waals surface area contributed by atoms with Gasteiger partial charge in [-0.05, 0) is 19.1 Å². The molecule has 1 unspecified atom stereocenters. The van der Waals surface area contributed by atoms with Crippen molar-refractivity contribution in [2.24, 2.45) is 0 Å². The molecule has 0 heterocycles. The summed E-state index contributed by atoms with van der Waals surface area (Å²) in [4.78, 5) is 10.0. The maximum Gasteiger partial charge on any atom is 0.242 e. The van der Waals surface area contributed by atoms with Gasteiger partial charge in [0, 0.05) is 6.07 Å². The molecule has 0 aliphatic rings. The monoisotopic (exact) mass is 185 g/mol. The summed E-state index contributed by atoms with van der Waals surface area (Å²) in [6.07, 6.45) is 0.661. The van der Waals surface area contributed by atoms with Gasteiger partial charge in [-0.3, -0.25) is 4.79 Å². The van der Waals surface area contributed by atoms with Crippen molar-refractivity contribution in [1.82, 2.24) is 0 Å². The van der Waals surface area contributed by atoms with Crippen LogP contribution in [0, 0.1) is 11.6 Å². The van der Waals surface area contributed by atoms with Crippen LogP contribution in [0.15, 0.2) is 18.2 Å². The number of carbonyl (C=O) groups excluding carboxylic acids is 1. The minimum atomic E-state index is -0.861. The van der Waals surface area contributed by atoms with E-state index in [1.807, 2.05) is 0 Å². The molecule has 0 aliphatic heterocycles. The van der Waals surface area contributed by atoms with Crippen molar-refractivity contribution in [1.29, 1.82) is 0 Å². The zero-order valence-corrected chi connectivity index (χ0v) is 6.88. The summed E-state index contributed by atoms with van der Waals surface area (Å²) in [6, 6.07) is 2.86. The molecule has 1 radical (unpaired) electrons. The minimum absolute atomic E-state index is 0.155. The first-order valence-electron chi connectivity index (χ1n) is 3.63. The number of ether oxygens (including phenoxy) is 1. The van der Waals surface area contributed by atoms with Crippen LogP contribution in [0.2, 0.25) is 0 Å². The second-order valence-electron chi connectivity index (χ2n) is 2.45. The first-order valence-corrected chi connectivity index (χ1v) is 3.63. The molecule has 0 aliphatic carbocycles. The summed E-state index contributed by atoms with van der Waals surface area (Å²) < 4.78 is 30.0. The van der Waals surface area contributed by atoms with Crippen molar-refractivity contribution in [3.63, 3.8) is 0 Å². The van der Waals surface area contributed by atoms with Gasteiger partial charge in [-0.15, -0.1) is 0 Å². The molecule has 13 heavy (non-hydrogen) atoms. The topological polar surface area (TPSA) is 26.3 Å². The highest BCUT2D eigenvalue weighted by atomic mass is 19.1. The quantitative estimate of drug-likeness (QED) is 0.718. The van der Waals surface area contributed by atoms with Crippen molar-refractivity contribution in [2.45, 2.75) is 13.0 Å². The molecule has 1 rings (SSSR count). The smallest absolute Gasteiger partial charge is 0.242 e. The Balaban J connectivity index is 2.83. The number of benzene rings is 1. The maximum atomic E-state index is 12.9. The van der Waals surface area contributed by atoms with Gasteiger partial charge in [0.1, 0.15) is 5.82 Å². The van der Waals surface area contributed by atoms with Gasteiger partial charge >= 0.3 is 0 Å². The van der Waals surface area contributed by atoms with Crippen LogP contribution in [-0.2, 0) is 4.79 Å². The molecular formula is C9H7F2O2. The van der Waals surface area contributed by atoms with E-state index in [-0.39, 0.29) is 5.75 Å². The van der Waals surface area contributed by atoms with Gasteiger partial charge < -0.3 is 4.74 Å². The fourth-order valence-electron chi connectivity index (χ4n) is 0.785. The molecule has 0 fully saturated rings. The van der Waals surface area contributed by atoms with Crippen LogP contribution in [-0.4, -0.2) is 12.4 Å². The molecule has 0 amide bonds. The fourth-order valence-corrected chi connectivity index (χ4v) is 0.785. The molecule has 2 nitrogen and oxygen atoms in total. The summed E-state index contributed by atoms with van der Waals surface area (Å²) in [5.74, 6) is -1.67. The molecule has 69 valence electrons. The highest BCUT2D eigenvalue weighted by molar-refractivity contribution is 5.57. The van der Waals surface area contributed by atoms with Gasteiger partial charge in [0.15, 0.2) is 17.7 Å². The SMILES string of the molecule is CC([C]=O)Oc1ccc(F)cc1F. The van der Waals surface area contributed by atoms with E-state index in [0.29, 0.717) is 6.07 Å². The number of hydrogen-bond donors (Lipinski definition) is 0. The average Bonchev–Trinajstić information content (AvgIpc) is 2.09. The van der Waals surface area contributed by atoms with Crippen LogP contribution in [0.1, 0.15) is 6.92 Å². The van der Waals surface area contributed by atoms with E-state index in [4.69, 9.17) is 4.74 Å². The van der Waals surface area contributed by atoms with Gasteiger partial charge in [0.05, 0.1) is 0 Å². The predicted octanol–water partition coefficient (Wildman–Crippen LogP) is 1.84. The molecule has 0 aromatic heterocycles. The van der Waals surface area contributed by atoms with Crippen molar-refractivity contribution in [3.05, 3.63) is 29.8 Å². The lowest BCUT2D eigenvalue weighted by Crippen LogP contribution is -2.13. The zero-order chi connectivity index (χ0) is 9.84. The van der Waals surface area contributed by atoms with E-state index < -0.39 is 17.7 Å². The van der Waals surface area contributed by atoms with Crippen molar-refractivity contribution >= 4 is 6.29 Å². The second kappa shape index (κ2) is 3.98. The van der Waals surface area contributed by atoms with E-state index in [9.17, 15) is 13.6 Å². The maximum absolute atomic E-state index is 12.9. The highest BCUT2D eigenvalue weighted by Gasteiger charge is 2.08. The summed E-state index contributed by atoms with van der Waals surface area (Å²) in [6.45, 7) is 1.41. The van der Waals surface area contributed by atoms with Crippen LogP contribution in [0.5, 0.6) is 5.75 Å². The molecule has 1 atom stereocenters. The molecule has 0 saturated carbocycles. The lowest BCUT2D eigenvalue weighted by Gasteiger charge is -2.08. The third kappa shape index (κ3) is 2.50. The van der Waals surface area contributed by atoms with Crippen LogP contribution in [0.4, 0.5) is 8.78 Å². The van der Waals surface area contributed by atoms with E-state index in [0.717, 1.165) is 12.1 Å². The molecular weight excluding hydrogens is 178 g/mol. The zero-order valence-electron chi connectivity index (χ0n) is 6.88. The third-order valence-corrected chi connectivity index (χ3v) is 1.36. The molecule has 0 spiro atoms. The van der Waals surface area contributed by atoms with E-state index in [1.54, 1.807) is 0 Å². The highest BCUT2D eigenvalue weighted by Crippen LogP contribution is 2.18. The van der Waals surface area contributed by atoms with E-state index in [2.05, 4.69) is 0 Å². The van der Waals surface area contributed by atoms with Crippen LogP contribution >= 0.6 is 0 Å². The summed E-state index contributed by atoms with van der Waals surface area (Å²) in [5, 5.41) is 0. The van der Waals surface area contributed by atoms with Gasteiger partial charge in [0.25, 0.3) is 0 Å². The molecule has 0 saturated heterocycles. The average molecular weight is 185 g/mol. The Morgan fingerprint density at radius 1 is 1.46 bits per heavy atom. The van der Waals surface area contributed by atoms with Gasteiger partial charge in [-0.25, -0.2) is 8.78 Å². The lowest BCUT2D eigenvalue weighted by atomic mass is 10.3. The van der Waals surface area contributed by atoms with Crippen LogP contribution in [0.25, 0.3) is 0 Å². The first kappa shape index (κ1) is 9.64. The van der Waals surface area contributed by atoms with Gasteiger partial charge in [0.2, 0.25) is 6.29 Å². The van der Waals surface area contributed by atoms with E-state index >= 15 is 0 Å². The lowest BCUT2D eigenvalue weighted by molar-refractivity contribution is 0.265. The first-order chi connectivity index (χ1) is 6.13.